The smallest absolute Gasteiger partial charge is 0.255 e. The Morgan fingerprint density at radius 3 is 2.11 bits per heavy atom. The van der Waals surface area contributed by atoms with Crippen molar-refractivity contribution < 1.29 is 26.7 Å². The van der Waals surface area contributed by atoms with E-state index in [-0.39, 0.29) is 0 Å². The van der Waals surface area contributed by atoms with Crippen molar-refractivity contribution in [1.82, 2.24) is 4.98 Å². The SMILES string of the molecule is Cc1ccc(F)c(Oc2c(F)c(F)nc(F)c2F)c1. The van der Waals surface area contributed by atoms with Crippen LogP contribution in [-0.2, 0) is 0 Å². The van der Waals surface area contributed by atoms with E-state index in [0.29, 0.717) is 5.56 Å². The monoisotopic (exact) mass is 275 g/mol. The number of nitrogens with zero attached hydrogens (tertiary/aromatic N) is 1. The lowest BCUT2D eigenvalue weighted by Crippen LogP contribution is -2.04. The quantitative estimate of drug-likeness (QED) is 0.613. The van der Waals surface area contributed by atoms with Crippen molar-refractivity contribution in [3.63, 3.8) is 0 Å². The van der Waals surface area contributed by atoms with Crippen molar-refractivity contribution in [1.29, 1.82) is 0 Å². The van der Waals surface area contributed by atoms with Crippen molar-refractivity contribution in [3.8, 4) is 11.5 Å². The van der Waals surface area contributed by atoms with Crippen LogP contribution in [-0.4, -0.2) is 4.98 Å². The molecule has 0 aliphatic heterocycles. The summed E-state index contributed by atoms with van der Waals surface area (Å²) in [6, 6.07) is 3.52. The van der Waals surface area contributed by atoms with Crippen LogP contribution in [0.3, 0.4) is 0 Å². The minimum absolute atomic E-state index is 0.534. The minimum Gasteiger partial charge on any atom is -0.448 e. The highest BCUT2D eigenvalue weighted by molar-refractivity contribution is 5.35. The molecule has 0 bridgehead atoms. The topological polar surface area (TPSA) is 22.1 Å². The predicted octanol–water partition coefficient (Wildman–Crippen LogP) is 3.88. The van der Waals surface area contributed by atoms with E-state index in [4.69, 9.17) is 0 Å². The number of rotatable bonds is 2. The fraction of sp³-hybridized carbons (Fsp3) is 0.0833. The molecule has 0 radical (unpaired) electrons. The maximum Gasteiger partial charge on any atom is 0.255 e. The number of aryl methyl sites for hydroxylation is 1. The number of hydrogen-bond donors (Lipinski definition) is 0. The van der Waals surface area contributed by atoms with Gasteiger partial charge >= 0.3 is 0 Å². The van der Waals surface area contributed by atoms with Gasteiger partial charge in [0.2, 0.25) is 17.4 Å². The van der Waals surface area contributed by atoms with Gasteiger partial charge in [0.05, 0.1) is 0 Å². The molecule has 0 N–H and O–H groups in total. The Labute approximate surface area is 104 Å². The highest BCUT2D eigenvalue weighted by atomic mass is 19.2. The first-order chi connectivity index (χ1) is 8.90. The van der Waals surface area contributed by atoms with Crippen molar-refractivity contribution in [2.75, 3.05) is 0 Å². The van der Waals surface area contributed by atoms with Crippen LogP contribution in [0.25, 0.3) is 0 Å². The number of pyridine rings is 1. The molecule has 0 aliphatic carbocycles. The Morgan fingerprint density at radius 1 is 0.947 bits per heavy atom. The molecule has 1 aromatic heterocycles. The molecule has 0 amide bonds. The lowest BCUT2D eigenvalue weighted by atomic mass is 10.2. The van der Waals surface area contributed by atoms with E-state index >= 15 is 0 Å². The summed E-state index contributed by atoms with van der Waals surface area (Å²) in [6.07, 6.45) is 0. The molecular weight excluding hydrogens is 269 g/mol. The van der Waals surface area contributed by atoms with E-state index in [1.807, 2.05) is 0 Å². The van der Waals surface area contributed by atoms with Crippen LogP contribution in [0.15, 0.2) is 18.2 Å². The first-order valence-electron chi connectivity index (χ1n) is 5.04. The zero-order valence-corrected chi connectivity index (χ0v) is 9.48. The van der Waals surface area contributed by atoms with Crippen LogP contribution in [0.4, 0.5) is 22.0 Å². The van der Waals surface area contributed by atoms with Crippen molar-refractivity contribution >= 4 is 0 Å². The summed E-state index contributed by atoms with van der Waals surface area (Å²) < 4.78 is 70.1. The third-order valence-corrected chi connectivity index (χ3v) is 2.26. The molecule has 1 aromatic carbocycles. The number of halogens is 5. The van der Waals surface area contributed by atoms with Gasteiger partial charge in [-0.05, 0) is 24.6 Å². The molecule has 7 heteroatoms. The first-order valence-corrected chi connectivity index (χ1v) is 5.04. The third kappa shape index (κ3) is 2.49. The van der Waals surface area contributed by atoms with Crippen LogP contribution < -0.4 is 4.74 Å². The fourth-order valence-corrected chi connectivity index (χ4v) is 1.36. The lowest BCUT2D eigenvalue weighted by Gasteiger charge is -2.09. The summed E-state index contributed by atoms with van der Waals surface area (Å²) in [5.74, 6) is -10.3. The van der Waals surface area contributed by atoms with Crippen molar-refractivity contribution in [2.45, 2.75) is 6.92 Å². The fourth-order valence-electron chi connectivity index (χ4n) is 1.36. The van der Waals surface area contributed by atoms with Crippen LogP contribution in [0.1, 0.15) is 5.56 Å². The van der Waals surface area contributed by atoms with Gasteiger partial charge in [0, 0.05) is 0 Å². The predicted molar refractivity (Wildman–Crippen MR) is 55.3 cm³/mol. The molecule has 1 heterocycles. The zero-order chi connectivity index (χ0) is 14.2. The van der Waals surface area contributed by atoms with Crippen molar-refractivity contribution in [2.24, 2.45) is 0 Å². The van der Waals surface area contributed by atoms with Crippen LogP contribution >= 0.6 is 0 Å². The van der Waals surface area contributed by atoms with E-state index < -0.39 is 40.8 Å². The molecule has 0 saturated heterocycles. The van der Waals surface area contributed by atoms with Gasteiger partial charge in [-0.2, -0.15) is 22.5 Å². The Morgan fingerprint density at radius 2 is 1.53 bits per heavy atom. The van der Waals surface area contributed by atoms with Gasteiger partial charge in [0.25, 0.3) is 11.9 Å². The zero-order valence-electron chi connectivity index (χ0n) is 9.48. The molecule has 2 aromatic rings. The molecular formula is C12H6F5NO. The highest BCUT2D eigenvalue weighted by Gasteiger charge is 2.23. The average Bonchev–Trinajstić information content (AvgIpc) is 2.36. The van der Waals surface area contributed by atoms with Crippen LogP contribution in [0, 0.1) is 36.3 Å². The van der Waals surface area contributed by atoms with Gasteiger partial charge in [-0.25, -0.2) is 4.39 Å². The average molecular weight is 275 g/mol. The second-order valence-corrected chi connectivity index (χ2v) is 3.69. The number of ether oxygens (including phenoxy) is 1. The van der Waals surface area contributed by atoms with Crippen LogP contribution in [0.2, 0.25) is 0 Å². The van der Waals surface area contributed by atoms with Gasteiger partial charge in [-0.3, -0.25) is 0 Å². The molecule has 2 rings (SSSR count). The molecule has 19 heavy (non-hydrogen) atoms. The third-order valence-electron chi connectivity index (χ3n) is 2.26. The summed E-state index contributed by atoms with van der Waals surface area (Å²) in [6.45, 7) is 1.58. The maximum atomic E-state index is 13.3. The molecule has 0 fully saturated rings. The number of benzene rings is 1. The molecule has 100 valence electrons. The summed E-state index contributed by atoms with van der Waals surface area (Å²) in [5, 5.41) is 0. The second kappa shape index (κ2) is 4.83. The lowest BCUT2D eigenvalue weighted by molar-refractivity contribution is 0.335. The second-order valence-electron chi connectivity index (χ2n) is 3.69. The summed E-state index contributed by atoms with van der Waals surface area (Å²) >= 11 is 0. The summed E-state index contributed by atoms with van der Waals surface area (Å²) in [7, 11) is 0. The summed E-state index contributed by atoms with van der Waals surface area (Å²) in [4.78, 5) is 2.36. The first kappa shape index (κ1) is 13.3. The van der Waals surface area contributed by atoms with Gasteiger partial charge in [-0.15, -0.1) is 0 Å². The summed E-state index contributed by atoms with van der Waals surface area (Å²) in [5.41, 5.74) is 0.534. The Balaban J connectivity index is 2.52. The van der Waals surface area contributed by atoms with Gasteiger partial charge < -0.3 is 4.74 Å². The largest absolute Gasteiger partial charge is 0.448 e. The molecule has 0 atom stereocenters. The van der Waals surface area contributed by atoms with Crippen LogP contribution in [0.5, 0.6) is 11.5 Å². The van der Waals surface area contributed by atoms with E-state index in [0.717, 1.165) is 12.1 Å². The minimum atomic E-state index is -1.87. The normalized spacial score (nSPS) is 10.6. The van der Waals surface area contributed by atoms with Gasteiger partial charge in [0.15, 0.2) is 11.6 Å². The Hall–Kier alpha value is -2.18. The Kier molecular flexibility index (Phi) is 3.37. The Bertz CT molecular complexity index is 618. The number of aromatic nitrogens is 1. The van der Waals surface area contributed by atoms with Gasteiger partial charge in [-0.1, -0.05) is 6.07 Å². The standard InChI is InChI=1S/C12H6F5NO/c1-5-2-3-6(13)7(4-5)19-10-8(14)11(16)18-12(17)9(10)15/h2-4H,1H3. The van der Waals surface area contributed by atoms with E-state index in [1.54, 1.807) is 6.92 Å². The number of hydrogen-bond acceptors (Lipinski definition) is 2. The van der Waals surface area contributed by atoms with E-state index in [9.17, 15) is 22.0 Å². The van der Waals surface area contributed by atoms with Gasteiger partial charge in [0.1, 0.15) is 0 Å². The molecule has 0 saturated carbocycles. The van der Waals surface area contributed by atoms with Crippen molar-refractivity contribution in [3.05, 3.63) is 53.1 Å². The highest BCUT2D eigenvalue weighted by Crippen LogP contribution is 2.31. The maximum absolute atomic E-state index is 13.3. The van der Waals surface area contributed by atoms with E-state index in [2.05, 4.69) is 9.72 Å². The molecule has 2 nitrogen and oxygen atoms in total. The van der Waals surface area contributed by atoms with E-state index in [1.165, 1.54) is 6.07 Å². The molecule has 0 aliphatic rings. The molecule has 0 spiro atoms. The molecule has 0 unspecified atom stereocenters.